The highest BCUT2D eigenvalue weighted by Crippen LogP contribution is 2.21. The average Bonchev–Trinajstić information content (AvgIpc) is 2.38. The number of ether oxygens (including phenoxy) is 2. The van der Waals surface area contributed by atoms with Crippen molar-refractivity contribution in [3.63, 3.8) is 0 Å². The second kappa shape index (κ2) is 6.33. The molecule has 6 nitrogen and oxygen atoms in total. The molecule has 1 aromatic carbocycles. The normalized spacial score (nSPS) is 10.2. The van der Waals surface area contributed by atoms with E-state index in [4.69, 9.17) is 15.2 Å². The topological polar surface area (TPSA) is 83.2 Å². The maximum atomic E-state index is 5.58. The summed E-state index contributed by atoms with van der Waals surface area (Å²) in [5.41, 5.74) is 5.58. The maximum absolute atomic E-state index is 5.58. The van der Waals surface area contributed by atoms with Crippen LogP contribution in [0.2, 0.25) is 0 Å². The number of rotatable bonds is 5. The Kier molecular flexibility index (Phi) is 4.51. The van der Waals surface area contributed by atoms with Gasteiger partial charge in [-0.3, -0.25) is 0 Å². The summed E-state index contributed by atoms with van der Waals surface area (Å²) in [6.07, 6.45) is 0.856. The summed E-state index contributed by atoms with van der Waals surface area (Å²) < 4.78 is 11.8. The predicted molar refractivity (Wildman–Crippen MR) is 74.2 cm³/mol. The van der Waals surface area contributed by atoms with Gasteiger partial charge in [-0.2, -0.15) is 9.97 Å². The third-order valence-electron chi connectivity index (χ3n) is 2.07. The van der Waals surface area contributed by atoms with Crippen LogP contribution in [0.25, 0.3) is 0 Å². The van der Waals surface area contributed by atoms with Gasteiger partial charge in [-0.1, -0.05) is 22.9 Å². The van der Waals surface area contributed by atoms with Gasteiger partial charge in [0.25, 0.3) is 0 Å². The number of anilines is 1. The van der Waals surface area contributed by atoms with Gasteiger partial charge in [0.05, 0.1) is 6.61 Å². The molecule has 0 aliphatic carbocycles. The zero-order chi connectivity index (χ0) is 13.7. The van der Waals surface area contributed by atoms with Crippen molar-refractivity contribution in [3.8, 4) is 17.8 Å². The first kappa shape index (κ1) is 13.5. The summed E-state index contributed by atoms with van der Waals surface area (Å²) in [4.78, 5) is 11.8. The summed E-state index contributed by atoms with van der Waals surface area (Å²) in [6.45, 7) is 2.50. The van der Waals surface area contributed by atoms with Crippen molar-refractivity contribution in [2.45, 2.75) is 13.3 Å². The molecule has 0 bridgehead atoms. The molecule has 0 saturated heterocycles. The Hall–Kier alpha value is -1.89. The van der Waals surface area contributed by atoms with E-state index in [9.17, 15) is 0 Å². The first-order chi connectivity index (χ1) is 9.17. The molecule has 0 unspecified atom stereocenters. The minimum atomic E-state index is 0.0632. The van der Waals surface area contributed by atoms with Crippen LogP contribution in [0.4, 0.5) is 5.95 Å². The molecule has 19 heavy (non-hydrogen) atoms. The van der Waals surface area contributed by atoms with Crippen molar-refractivity contribution in [2.24, 2.45) is 0 Å². The van der Waals surface area contributed by atoms with Crippen LogP contribution in [0, 0.1) is 0 Å². The smallest absolute Gasteiger partial charge is 0.330 e. The predicted octanol–water partition coefficient (Wildman–Crippen LogP) is 2.80. The van der Waals surface area contributed by atoms with Crippen molar-refractivity contribution in [3.05, 3.63) is 28.7 Å². The van der Waals surface area contributed by atoms with Crippen molar-refractivity contribution in [1.29, 1.82) is 0 Å². The Morgan fingerprint density at radius 3 is 2.47 bits per heavy atom. The van der Waals surface area contributed by atoms with Crippen LogP contribution in [-0.2, 0) is 0 Å². The van der Waals surface area contributed by atoms with Gasteiger partial charge in [-0.05, 0) is 30.7 Å². The van der Waals surface area contributed by atoms with Crippen molar-refractivity contribution in [2.75, 3.05) is 12.3 Å². The van der Waals surface area contributed by atoms with E-state index < -0.39 is 0 Å². The van der Waals surface area contributed by atoms with E-state index in [0.29, 0.717) is 12.4 Å². The van der Waals surface area contributed by atoms with E-state index in [1.165, 1.54) is 0 Å². The minimum Gasteiger partial charge on any atom is -0.463 e. The number of benzene rings is 1. The lowest BCUT2D eigenvalue weighted by Crippen LogP contribution is -2.05. The number of hydrogen-bond acceptors (Lipinski definition) is 6. The molecular weight excluding hydrogens is 312 g/mol. The second-order valence-electron chi connectivity index (χ2n) is 3.66. The summed E-state index contributed by atoms with van der Waals surface area (Å²) in [5, 5.41) is 0. The minimum absolute atomic E-state index is 0.0632. The van der Waals surface area contributed by atoms with Crippen molar-refractivity contribution >= 4 is 21.9 Å². The molecule has 2 N–H and O–H groups in total. The molecule has 1 heterocycles. The molecule has 0 radical (unpaired) electrons. The van der Waals surface area contributed by atoms with Crippen molar-refractivity contribution < 1.29 is 9.47 Å². The van der Waals surface area contributed by atoms with Gasteiger partial charge in [0.1, 0.15) is 5.75 Å². The summed E-state index contributed by atoms with van der Waals surface area (Å²) >= 11 is 3.35. The van der Waals surface area contributed by atoms with Gasteiger partial charge in [-0.15, -0.1) is 4.98 Å². The molecule has 0 saturated carbocycles. The van der Waals surface area contributed by atoms with Crippen LogP contribution in [-0.4, -0.2) is 21.6 Å². The largest absolute Gasteiger partial charge is 0.463 e. The molecule has 0 atom stereocenters. The average molecular weight is 325 g/mol. The maximum Gasteiger partial charge on any atom is 0.330 e. The monoisotopic (exact) mass is 324 g/mol. The molecule has 100 valence electrons. The third kappa shape index (κ3) is 4.06. The molecule has 0 aliphatic rings. The van der Waals surface area contributed by atoms with E-state index >= 15 is 0 Å². The molecule has 2 rings (SSSR count). The Balaban J connectivity index is 2.15. The fourth-order valence-electron chi connectivity index (χ4n) is 1.26. The summed E-state index contributed by atoms with van der Waals surface area (Å²) in [7, 11) is 0. The van der Waals surface area contributed by atoms with E-state index in [1.807, 2.05) is 19.1 Å². The van der Waals surface area contributed by atoms with Gasteiger partial charge >= 0.3 is 12.0 Å². The first-order valence-electron chi connectivity index (χ1n) is 5.75. The Morgan fingerprint density at radius 1 is 1.11 bits per heavy atom. The molecule has 7 heteroatoms. The van der Waals surface area contributed by atoms with Crippen LogP contribution in [0.15, 0.2) is 28.7 Å². The standard InChI is InChI=1S/C12H13BrN4O2/c1-2-7-18-11-15-10(14)16-12(17-11)19-9-5-3-8(13)4-6-9/h3-6H,2,7H2,1H3,(H2,14,15,16,17). The molecule has 2 aromatic rings. The fourth-order valence-corrected chi connectivity index (χ4v) is 1.53. The highest BCUT2D eigenvalue weighted by molar-refractivity contribution is 9.10. The van der Waals surface area contributed by atoms with Gasteiger partial charge in [0.2, 0.25) is 5.95 Å². The summed E-state index contributed by atoms with van der Waals surface area (Å²) in [5.74, 6) is 0.670. The Labute approximate surface area is 119 Å². The third-order valence-corrected chi connectivity index (χ3v) is 2.60. The number of nitrogen functional groups attached to an aromatic ring is 1. The lowest BCUT2D eigenvalue weighted by atomic mass is 10.3. The number of nitrogens with two attached hydrogens (primary N) is 1. The van der Waals surface area contributed by atoms with Gasteiger partial charge in [0, 0.05) is 4.47 Å². The first-order valence-corrected chi connectivity index (χ1v) is 6.54. The van der Waals surface area contributed by atoms with Crippen LogP contribution >= 0.6 is 15.9 Å². The quantitative estimate of drug-likeness (QED) is 0.910. The highest BCUT2D eigenvalue weighted by Gasteiger charge is 2.07. The summed E-state index contributed by atoms with van der Waals surface area (Å²) in [6, 6.07) is 7.57. The zero-order valence-corrected chi connectivity index (χ0v) is 11.9. The van der Waals surface area contributed by atoms with Gasteiger partial charge < -0.3 is 15.2 Å². The lowest BCUT2D eigenvalue weighted by Gasteiger charge is -2.06. The molecule has 0 amide bonds. The number of aromatic nitrogens is 3. The molecule has 1 aromatic heterocycles. The Bertz CT molecular complexity index is 548. The van der Waals surface area contributed by atoms with Crippen LogP contribution < -0.4 is 15.2 Å². The van der Waals surface area contributed by atoms with E-state index in [0.717, 1.165) is 10.9 Å². The highest BCUT2D eigenvalue weighted by atomic mass is 79.9. The van der Waals surface area contributed by atoms with Crippen LogP contribution in [0.1, 0.15) is 13.3 Å². The zero-order valence-electron chi connectivity index (χ0n) is 10.3. The lowest BCUT2D eigenvalue weighted by molar-refractivity contribution is 0.285. The van der Waals surface area contributed by atoms with Crippen molar-refractivity contribution in [1.82, 2.24) is 15.0 Å². The molecule has 0 aliphatic heterocycles. The second-order valence-corrected chi connectivity index (χ2v) is 4.58. The number of nitrogens with zero attached hydrogens (tertiary/aromatic N) is 3. The number of hydrogen-bond donors (Lipinski definition) is 1. The van der Waals surface area contributed by atoms with Gasteiger partial charge in [-0.25, -0.2) is 0 Å². The number of halogens is 1. The SMILES string of the molecule is CCCOc1nc(N)nc(Oc2ccc(Br)cc2)n1. The fraction of sp³-hybridized carbons (Fsp3) is 0.250. The van der Waals surface area contributed by atoms with Crippen LogP contribution in [0.5, 0.6) is 17.8 Å². The van der Waals surface area contributed by atoms with Gasteiger partial charge in [0.15, 0.2) is 0 Å². The molecule has 0 fully saturated rings. The molecular formula is C12H13BrN4O2. The van der Waals surface area contributed by atoms with E-state index in [1.54, 1.807) is 12.1 Å². The van der Waals surface area contributed by atoms with Crippen LogP contribution in [0.3, 0.4) is 0 Å². The van der Waals surface area contributed by atoms with E-state index in [-0.39, 0.29) is 18.0 Å². The Morgan fingerprint density at radius 2 is 1.79 bits per heavy atom. The van der Waals surface area contributed by atoms with E-state index in [2.05, 4.69) is 30.9 Å². The molecule has 0 spiro atoms.